The fourth-order valence-electron chi connectivity index (χ4n) is 3.42. The van der Waals surface area contributed by atoms with Gasteiger partial charge < -0.3 is 20.1 Å². The zero-order chi connectivity index (χ0) is 21.3. The first kappa shape index (κ1) is 22.0. The van der Waals surface area contributed by atoms with Crippen molar-refractivity contribution in [2.75, 3.05) is 26.8 Å². The van der Waals surface area contributed by atoms with E-state index in [1.807, 2.05) is 24.3 Å². The first-order chi connectivity index (χ1) is 14.6. The Morgan fingerprint density at radius 2 is 1.97 bits per heavy atom. The summed E-state index contributed by atoms with van der Waals surface area (Å²) in [4.78, 5) is 16.9. The summed E-state index contributed by atoms with van der Waals surface area (Å²) in [5, 5.41) is 6.03. The molecular formula is C24H31N3O3. The lowest BCUT2D eigenvalue weighted by Crippen LogP contribution is -2.26. The fraction of sp³-hybridized carbons (Fsp3) is 0.417. The molecule has 6 nitrogen and oxygen atoms in total. The van der Waals surface area contributed by atoms with Crippen molar-refractivity contribution in [2.24, 2.45) is 0 Å². The quantitative estimate of drug-likeness (QED) is 0.618. The van der Waals surface area contributed by atoms with Crippen LogP contribution >= 0.6 is 0 Å². The van der Waals surface area contributed by atoms with Gasteiger partial charge in [0, 0.05) is 42.9 Å². The Morgan fingerprint density at radius 1 is 1.23 bits per heavy atom. The molecule has 1 saturated heterocycles. The fourth-order valence-corrected chi connectivity index (χ4v) is 3.42. The lowest BCUT2D eigenvalue weighted by Gasteiger charge is -2.23. The van der Waals surface area contributed by atoms with Gasteiger partial charge in [-0.1, -0.05) is 43.8 Å². The number of nitrogens with zero attached hydrogens (tertiary/aromatic N) is 1. The second kappa shape index (κ2) is 10.9. The Morgan fingerprint density at radius 3 is 2.67 bits per heavy atom. The molecule has 1 amide bonds. The molecule has 2 N–H and O–H groups in total. The lowest BCUT2D eigenvalue weighted by molar-refractivity contribution is -0.181. The van der Waals surface area contributed by atoms with E-state index in [0.717, 1.165) is 61.5 Å². The van der Waals surface area contributed by atoms with Crippen LogP contribution in [0, 0.1) is 0 Å². The molecular weight excluding hydrogens is 378 g/mol. The van der Waals surface area contributed by atoms with Gasteiger partial charge in [-0.2, -0.15) is 0 Å². The van der Waals surface area contributed by atoms with Gasteiger partial charge in [0.1, 0.15) is 5.69 Å². The number of amides is 1. The Hall–Kier alpha value is -2.70. The predicted octanol–water partition coefficient (Wildman–Crippen LogP) is 3.70. The Balaban J connectivity index is 1.69. The molecule has 1 aromatic carbocycles. The highest BCUT2D eigenvalue weighted by atomic mass is 16.7. The normalized spacial score (nSPS) is 15.4. The maximum Gasteiger partial charge on any atom is 0.269 e. The molecule has 0 radical (unpaired) electrons. The van der Waals surface area contributed by atoms with E-state index < -0.39 is 0 Å². The number of nitrogens with one attached hydrogen (secondary N) is 2. The van der Waals surface area contributed by atoms with E-state index in [1.165, 1.54) is 0 Å². The van der Waals surface area contributed by atoms with E-state index in [4.69, 9.17) is 9.47 Å². The van der Waals surface area contributed by atoms with Crippen LogP contribution in [0.2, 0.25) is 0 Å². The first-order valence-corrected chi connectivity index (χ1v) is 10.5. The number of ether oxygens (including phenoxy) is 2. The second-order valence-electron chi connectivity index (χ2n) is 7.45. The highest BCUT2D eigenvalue weighted by molar-refractivity contribution is 5.93. The number of pyridine rings is 1. The summed E-state index contributed by atoms with van der Waals surface area (Å²) in [5.74, 6) is -0.152. The summed E-state index contributed by atoms with van der Waals surface area (Å²) in [7, 11) is 1.61. The van der Waals surface area contributed by atoms with Crippen molar-refractivity contribution in [1.82, 2.24) is 15.6 Å². The van der Waals surface area contributed by atoms with E-state index in [2.05, 4.69) is 41.3 Å². The van der Waals surface area contributed by atoms with E-state index in [-0.39, 0.29) is 18.1 Å². The monoisotopic (exact) mass is 409 g/mol. The van der Waals surface area contributed by atoms with Gasteiger partial charge in [-0.25, -0.2) is 4.98 Å². The van der Waals surface area contributed by atoms with Crippen LogP contribution in [0.25, 0.3) is 5.70 Å². The number of rotatable bonds is 9. The van der Waals surface area contributed by atoms with Crippen LogP contribution in [-0.2, 0) is 9.47 Å². The van der Waals surface area contributed by atoms with Crippen LogP contribution in [0.1, 0.15) is 59.4 Å². The third-order valence-corrected chi connectivity index (χ3v) is 5.25. The molecule has 0 unspecified atom stereocenters. The number of aromatic nitrogens is 1. The van der Waals surface area contributed by atoms with Gasteiger partial charge in [0.05, 0.1) is 13.2 Å². The zero-order valence-electron chi connectivity index (χ0n) is 17.8. The molecule has 2 heterocycles. The summed E-state index contributed by atoms with van der Waals surface area (Å²) >= 11 is 0. The smallest absolute Gasteiger partial charge is 0.269 e. The van der Waals surface area contributed by atoms with Crippen LogP contribution in [0.15, 0.2) is 49.0 Å². The Kier molecular flexibility index (Phi) is 7.99. The third-order valence-electron chi connectivity index (χ3n) is 5.25. The van der Waals surface area contributed by atoms with Crippen molar-refractivity contribution in [3.8, 4) is 0 Å². The van der Waals surface area contributed by atoms with Crippen molar-refractivity contribution < 1.29 is 14.3 Å². The van der Waals surface area contributed by atoms with Crippen LogP contribution in [-0.4, -0.2) is 44.0 Å². The van der Waals surface area contributed by atoms with Crippen molar-refractivity contribution >= 4 is 11.6 Å². The van der Waals surface area contributed by atoms with Gasteiger partial charge in [-0.05, 0) is 30.5 Å². The van der Waals surface area contributed by atoms with Gasteiger partial charge in [0.15, 0.2) is 6.29 Å². The summed E-state index contributed by atoms with van der Waals surface area (Å²) in [6.07, 6.45) is 2.61. The molecule has 1 fully saturated rings. The molecule has 0 spiro atoms. The number of carbonyl (C=O) groups excluding carboxylic acids is 1. The minimum absolute atomic E-state index is 0.0583. The summed E-state index contributed by atoms with van der Waals surface area (Å²) < 4.78 is 11.2. The van der Waals surface area contributed by atoms with Crippen molar-refractivity contribution in [3.63, 3.8) is 0 Å². The molecule has 1 atom stereocenters. The highest BCUT2D eigenvalue weighted by Crippen LogP contribution is 2.25. The standard InChI is InChI=1S/C24H31N3O3/c1-17(19-9-5-4-6-10-19)21-15-20(16-22(27-21)24(28)25-3)18(2)26-12-7-11-23-29-13-8-14-30-23/h4-6,9-10,15-17,23,26H,2,7-8,11-14H2,1,3H3,(H,25,28)/t17-/m1/s1. The first-order valence-electron chi connectivity index (χ1n) is 10.5. The molecule has 1 aliphatic rings. The molecule has 0 aliphatic carbocycles. The molecule has 1 aliphatic heterocycles. The highest BCUT2D eigenvalue weighted by Gasteiger charge is 2.17. The molecule has 2 aromatic rings. The van der Waals surface area contributed by atoms with Gasteiger partial charge in [-0.3, -0.25) is 4.79 Å². The van der Waals surface area contributed by atoms with E-state index in [0.29, 0.717) is 5.69 Å². The van der Waals surface area contributed by atoms with Crippen LogP contribution in [0.3, 0.4) is 0 Å². The molecule has 0 saturated carbocycles. The zero-order valence-corrected chi connectivity index (χ0v) is 17.8. The molecule has 3 rings (SSSR count). The number of hydrogen-bond donors (Lipinski definition) is 2. The van der Waals surface area contributed by atoms with Gasteiger partial charge >= 0.3 is 0 Å². The van der Waals surface area contributed by atoms with Crippen molar-refractivity contribution in [2.45, 2.75) is 38.4 Å². The molecule has 0 bridgehead atoms. The average Bonchev–Trinajstić information content (AvgIpc) is 2.81. The minimum Gasteiger partial charge on any atom is -0.385 e. The van der Waals surface area contributed by atoms with Crippen molar-refractivity contribution in [3.05, 3.63) is 71.6 Å². The molecule has 1 aromatic heterocycles. The predicted molar refractivity (Wildman–Crippen MR) is 118 cm³/mol. The van der Waals surface area contributed by atoms with E-state index >= 15 is 0 Å². The number of carbonyl (C=O) groups is 1. The number of benzene rings is 1. The van der Waals surface area contributed by atoms with Gasteiger partial charge in [-0.15, -0.1) is 0 Å². The van der Waals surface area contributed by atoms with E-state index in [9.17, 15) is 4.79 Å². The Bertz CT molecular complexity index is 848. The minimum atomic E-state index is -0.210. The Labute approximate surface area is 178 Å². The topological polar surface area (TPSA) is 72.5 Å². The van der Waals surface area contributed by atoms with Crippen LogP contribution in [0.5, 0.6) is 0 Å². The largest absolute Gasteiger partial charge is 0.385 e. The maximum absolute atomic E-state index is 12.3. The SMILES string of the molecule is C=C(NCCCC1OCCCO1)c1cc(C(=O)NC)nc([C@H](C)c2ccccc2)c1. The summed E-state index contributed by atoms with van der Waals surface area (Å²) in [6.45, 7) is 8.56. The summed E-state index contributed by atoms with van der Waals surface area (Å²) in [6, 6.07) is 13.9. The molecule has 160 valence electrons. The van der Waals surface area contributed by atoms with E-state index in [1.54, 1.807) is 13.1 Å². The van der Waals surface area contributed by atoms with Crippen LogP contribution in [0.4, 0.5) is 0 Å². The molecule has 30 heavy (non-hydrogen) atoms. The average molecular weight is 410 g/mol. The summed E-state index contributed by atoms with van der Waals surface area (Å²) in [5.41, 5.74) is 4.01. The van der Waals surface area contributed by atoms with Gasteiger partial charge in [0.2, 0.25) is 0 Å². The third kappa shape index (κ3) is 5.90. The molecule has 6 heteroatoms. The number of hydrogen-bond acceptors (Lipinski definition) is 5. The maximum atomic E-state index is 12.3. The van der Waals surface area contributed by atoms with Crippen LogP contribution < -0.4 is 10.6 Å². The van der Waals surface area contributed by atoms with Gasteiger partial charge in [0.25, 0.3) is 5.91 Å². The second-order valence-corrected chi connectivity index (χ2v) is 7.45. The van der Waals surface area contributed by atoms with Crippen molar-refractivity contribution in [1.29, 1.82) is 0 Å². The lowest BCUT2D eigenvalue weighted by atomic mass is 9.95.